The minimum absolute atomic E-state index is 0.0885. The second kappa shape index (κ2) is 5.21. The summed E-state index contributed by atoms with van der Waals surface area (Å²) in [6.45, 7) is 5.52. The number of aliphatic hydroxyl groups is 1. The van der Waals surface area contributed by atoms with Crippen LogP contribution in [0.5, 0.6) is 0 Å². The van der Waals surface area contributed by atoms with E-state index in [1.54, 1.807) is 0 Å². The molecule has 104 valence electrons. The van der Waals surface area contributed by atoms with E-state index < -0.39 is 17.8 Å². The molecular weight excluding hydrogens is 242 g/mol. The Bertz CT molecular complexity index is 465. The Morgan fingerprint density at radius 3 is 2.53 bits per heavy atom. The average Bonchev–Trinajstić information content (AvgIpc) is 2.31. The van der Waals surface area contributed by atoms with Crippen molar-refractivity contribution in [3.8, 4) is 0 Å². The first kappa shape index (κ1) is 13.9. The van der Waals surface area contributed by atoms with Crippen LogP contribution in [0.15, 0.2) is 24.3 Å². The van der Waals surface area contributed by atoms with E-state index in [-0.39, 0.29) is 6.04 Å². The molecule has 1 aromatic carbocycles. The van der Waals surface area contributed by atoms with E-state index in [1.165, 1.54) is 0 Å². The number of hydrogen-bond acceptors (Lipinski definition) is 3. The molecule has 1 aliphatic carbocycles. The van der Waals surface area contributed by atoms with Crippen LogP contribution in [0.3, 0.4) is 0 Å². The van der Waals surface area contributed by atoms with Gasteiger partial charge in [-0.25, -0.2) is 4.79 Å². The summed E-state index contributed by atoms with van der Waals surface area (Å²) < 4.78 is 5.27. The molecule has 0 aromatic heterocycles. The lowest BCUT2D eigenvalue weighted by molar-refractivity contribution is 0.0485. The Balaban J connectivity index is 2.11. The summed E-state index contributed by atoms with van der Waals surface area (Å²) in [6.07, 6.45) is 0.520. The summed E-state index contributed by atoms with van der Waals surface area (Å²) in [6, 6.07) is 7.58. The monoisotopic (exact) mass is 263 g/mol. The summed E-state index contributed by atoms with van der Waals surface area (Å²) in [5.74, 6) is 0. The molecule has 0 fully saturated rings. The molecule has 4 heteroatoms. The van der Waals surface area contributed by atoms with Crippen molar-refractivity contribution in [1.29, 1.82) is 0 Å². The maximum atomic E-state index is 11.8. The van der Waals surface area contributed by atoms with Gasteiger partial charge in [0.05, 0.1) is 12.1 Å². The van der Waals surface area contributed by atoms with Crippen molar-refractivity contribution in [2.75, 3.05) is 0 Å². The van der Waals surface area contributed by atoms with Gasteiger partial charge in [0.25, 0.3) is 0 Å². The Labute approximate surface area is 113 Å². The summed E-state index contributed by atoms with van der Waals surface area (Å²) in [5.41, 5.74) is 1.37. The Morgan fingerprint density at radius 1 is 1.26 bits per heavy atom. The van der Waals surface area contributed by atoms with E-state index in [9.17, 15) is 9.90 Å². The number of ether oxygens (including phenoxy) is 1. The van der Waals surface area contributed by atoms with Crippen LogP contribution in [0.25, 0.3) is 0 Å². The van der Waals surface area contributed by atoms with E-state index in [4.69, 9.17) is 4.74 Å². The topological polar surface area (TPSA) is 58.6 Å². The van der Waals surface area contributed by atoms with E-state index in [0.717, 1.165) is 17.5 Å². The lowest BCUT2D eigenvalue weighted by Crippen LogP contribution is -2.36. The summed E-state index contributed by atoms with van der Waals surface area (Å²) in [5, 5.41) is 12.8. The molecule has 0 aliphatic heterocycles. The molecule has 2 rings (SSSR count). The molecule has 4 nitrogen and oxygen atoms in total. The molecule has 0 saturated carbocycles. The third kappa shape index (κ3) is 3.47. The number of rotatable bonds is 1. The van der Waals surface area contributed by atoms with Crippen LogP contribution in [0, 0.1) is 0 Å². The highest BCUT2D eigenvalue weighted by Crippen LogP contribution is 2.35. The van der Waals surface area contributed by atoms with E-state index in [2.05, 4.69) is 5.32 Å². The van der Waals surface area contributed by atoms with Crippen molar-refractivity contribution in [3.63, 3.8) is 0 Å². The zero-order valence-corrected chi connectivity index (χ0v) is 11.6. The number of benzene rings is 1. The maximum Gasteiger partial charge on any atom is 0.408 e. The lowest BCUT2D eigenvalue weighted by atomic mass is 9.86. The number of alkyl carbamates (subject to hydrolysis) is 1. The van der Waals surface area contributed by atoms with Crippen LogP contribution in [0.4, 0.5) is 4.79 Å². The molecule has 0 heterocycles. The van der Waals surface area contributed by atoms with Gasteiger partial charge in [-0.2, -0.15) is 0 Å². The number of fused-ring (bicyclic) bond motifs is 1. The standard InChI is InChI=1S/C15H21NO3/c1-15(2,3)19-14(18)16-12-8-9-13(17)11-7-5-4-6-10(11)12/h4-7,12-13,17H,8-9H2,1-3H3,(H,16,18)/t12-,13+/m0/s1. The van der Waals surface area contributed by atoms with Crippen molar-refractivity contribution < 1.29 is 14.6 Å². The first-order valence-corrected chi connectivity index (χ1v) is 6.63. The molecule has 19 heavy (non-hydrogen) atoms. The van der Waals surface area contributed by atoms with Gasteiger partial charge in [0, 0.05) is 0 Å². The van der Waals surface area contributed by atoms with Gasteiger partial charge < -0.3 is 15.2 Å². The van der Waals surface area contributed by atoms with E-state index in [0.29, 0.717) is 6.42 Å². The normalized spacial score (nSPS) is 22.5. The molecule has 0 unspecified atom stereocenters. The highest BCUT2D eigenvalue weighted by molar-refractivity contribution is 5.68. The molecule has 2 atom stereocenters. The van der Waals surface area contributed by atoms with Crippen LogP contribution >= 0.6 is 0 Å². The fraction of sp³-hybridized carbons (Fsp3) is 0.533. The van der Waals surface area contributed by atoms with Crippen LogP contribution < -0.4 is 5.32 Å². The fourth-order valence-electron chi connectivity index (χ4n) is 2.37. The summed E-state index contributed by atoms with van der Waals surface area (Å²) in [7, 11) is 0. The summed E-state index contributed by atoms with van der Waals surface area (Å²) >= 11 is 0. The van der Waals surface area contributed by atoms with Gasteiger partial charge in [-0.05, 0) is 44.7 Å². The Morgan fingerprint density at radius 2 is 1.89 bits per heavy atom. The van der Waals surface area contributed by atoms with Gasteiger partial charge in [0.2, 0.25) is 0 Å². The molecule has 1 aromatic rings. The third-order valence-electron chi connectivity index (χ3n) is 3.15. The number of carbonyl (C=O) groups is 1. The maximum absolute atomic E-state index is 11.8. The Hall–Kier alpha value is -1.55. The predicted octanol–water partition coefficient (Wildman–Crippen LogP) is 3.08. The van der Waals surface area contributed by atoms with E-state index in [1.807, 2.05) is 45.0 Å². The summed E-state index contributed by atoms with van der Waals surface area (Å²) in [4.78, 5) is 11.8. The van der Waals surface area contributed by atoms with Gasteiger partial charge >= 0.3 is 6.09 Å². The average molecular weight is 263 g/mol. The Kier molecular flexibility index (Phi) is 3.80. The van der Waals surface area contributed by atoms with Gasteiger partial charge in [-0.15, -0.1) is 0 Å². The van der Waals surface area contributed by atoms with Crippen LogP contribution in [-0.4, -0.2) is 16.8 Å². The molecule has 0 radical (unpaired) electrons. The molecule has 0 spiro atoms. The molecule has 1 amide bonds. The van der Waals surface area contributed by atoms with Crippen molar-refractivity contribution in [1.82, 2.24) is 5.32 Å². The van der Waals surface area contributed by atoms with Gasteiger partial charge in [0.1, 0.15) is 5.60 Å². The first-order valence-electron chi connectivity index (χ1n) is 6.63. The SMILES string of the molecule is CC(C)(C)OC(=O)N[C@H]1CC[C@@H](O)c2ccccc21. The van der Waals surface area contributed by atoms with Crippen LogP contribution in [-0.2, 0) is 4.74 Å². The number of carbonyl (C=O) groups excluding carboxylic acids is 1. The minimum atomic E-state index is -0.502. The van der Waals surface area contributed by atoms with Crippen molar-refractivity contribution in [3.05, 3.63) is 35.4 Å². The van der Waals surface area contributed by atoms with Gasteiger partial charge in [-0.3, -0.25) is 0 Å². The second-order valence-corrected chi connectivity index (χ2v) is 5.92. The molecule has 0 bridgehead atoms. The van der Waals surface area contributed by atoms with Crippen molar-refractivity contribution >= 4 is 6.09 Å². The van der Waals surface area contributed by atoms with Gasteiger partial charge in [-0.1, -0.05) is 24.3 Å². The van der Waals surface area contributed by atoms with Crippen molar-refractivity contribution in [2.45, 2.75) is 51.4 Å². The molecule has 2 N–H and O–H groups in total. The quantitative estimate of drug-likeness (QED) is 0.818. The van der Waals surface area contributed by atoms with Gasteiger partial charge in [0.15, 0.2) is 0 Å². The lowest BCUT2D eigenvalue weighted by Gasteiger charge is -2.30. The van der Waals surface area contributed by atoms with Crippen molar-refractivity contribution in [2.24, 2.45) is 0 Å². The number of amides is 1. The smallest absolute Gasteiger partial charge is 0.408 e. The third-order valence-corrected chi connectivity index (χ3v) is 3.15. The predicted molar refractivity (Wildman–Crippen MR) is 72.7 cm³/mol. The highest BCUT2D eigenvalue weighted by Gasteiger charge is 2.28. The molecular formula is C15H21NO3. The van der Waals surface area contributed by atoms with Crippen LogP contribution in [0.2, 0.25) is 0 Å². The fourth-order valence-corrected chi connectivity index (χ4v) is 2.37. The van der Waals surface area contributed by atoms with E-state index >= 15 is 0 Å². The number of hydrogen-bond donors (Lipinski definition) is 2. The highest BCUT2D eigenvalue weighted by atomic mass is 16.6. The zero-order chi connectivity index (χ0) is 14.0. The zero-order valence-electron chi connectivity index (χ0n) is 11.6. The second-order valence-electron chi connectivity index (χ2n) is 5.92. The number of nitrogens with one attached hydrogen (secondary N) is 1. The largest absolute Gasteiger partial charge is 0.444 e. The number of aliphatic hydroxyl groups excluding tert-OH is 1. The molecule has 1 aliphatic rings. The molecule has 0 saturated heterocycles. The first-order chi connectivity index (χ1) is 8.87. The minimum Gasteiger partial charge on any atom is -0.444 e. The van der Waals surface area contributed by atoms with Crippen LogP contribution in [0.1, 0.15) is 56.9 Å².